The Kier molecular flexibility index (Phi) is 4.89. The second-order valence-corrected chi connectivity index (χ2v) is 7.66. The van der Waals surface area contributed by atoms with Gasteiger partial charge in [0, 0.05) is 19.5 Å². The minimum atomic E-state index is -0.934. The van der Waals surface area contributed by atoms with Gasteiger partial charge >= 0.3 is 0 Å². The fraction of sp³-hybridized carbons (Fsp3) is 0.500. The quantitative estimate of drug-likeness (QED) is 0.735. The van der Waals surface area contributed by atoms with Crippen molar-refractivity contribution in [3.63, 3.8) is 0 Å². The molecule has 0 spiro atoms. The van der Waals surface area contributed by atoms with Crippen LogP contribution in [-0.2, 0) is 9.59 Å². The molecule has 2 fully saturated rings. The van der Waals surface area contributed by atoms with E-state index in [1.165, 1.54) is 0 Å². The van der Waals surface area contributed by atoms with Crippen molar-refractivity contribution in [2.24, 2.45) is 5.92 Å². The van der Waals surface area contributed by atoms with E-state index in [4.69, 9.17) is 0 Å². The zero-order valence-electron chi connectivity index (χ0n) is 15.9. The summed E-state index contributed by atoms with van der Waals surface area (Å²) in [6.07, 6.45) is 2.44. The van der Waals surface area contributed by atoms with Gasteiger partial charge in [-0.05, 0) is 50.9 Å². The number of carbonyl (C=O) groups excluding carboxylic acids is 4. The minimum absolute atomic E-state index is 0.120. The standard InChI is InChI=1S/C20H24N4O4/c1-21-10-12-4-3-9-23(11-12)14-6-2-5-13-17(14)20(28)24(19(13)27)15-7-8-16(25)22-18(15)26/h2,5-6,12,15,21H,3-4,7-11H2,1H3,(H,22,25,26). The summed E-state index contributed by atoms with van der Waals surface area (Å²) in [6, 6.07) is 4.37. The molecule has 2 unspecified atom stereocenters. The lowest BCUT2D eigenvalue weighted by atomic mass is 9.96. The van der Waals surface area contributed by atoms with Crippen molar-refractivity contribution in [2.45, 2.75) is 31.7 Å². The average Bonchev–Trinajstić information content (AvgIpc) is 2.94. The molecule has 3 aliphatic heterocycles. The predicted octanol–water partition coefficient (Wildman–Crippen LogP) is 0.524. The first-order chi connectivity index (χ1) is 13.5. The maximum Gasteiger partial charge on any atom is 0.264 e. The zero-order chi connectivity index (χ0) is 19.8. The molecular formula is C20H24N4O4. The van der Waals surface area contributed by atoms with Crippen molar-refractivity contribution in [2.75, 3.05) is 31.6 Å². The van der Waals surface area contributed by atoms with Crippen molar-refractivity contribution in [3.05, 3.63) is 29.3 Å². The maximum atomic E-state index is 13.2. The van der Waals surface area contributed by atoms with E-state index in [1.54, 1.807) is 12.1 Å². The summed E-state index contributed by atoms with van der Waals surface area (Å²) in [7, 11) is 1.93. The molecule has 4 amide bonds. The molecule has 4 rings (SSSR count). The number of anilines is 1. The summed E-state index contributed by atoms with van der Waals surface area (Å²) in [5.41, 5.74) is 1.47. The Morgan fingerprint density at radius 1 is 1.14 bits per heavy atom. The van der Waals surface area contributed by atoms with Crippen molar-refractivity contribution in [1.29, 1.82) is 0 Å². The molecule has 1 aromatic rings. The first-order valence-corrected chi connectivity index (χ1v) is 9.75. The SMILES string of the molecule is CNCC1CCCN(c2cccc3c2C(=O)N(C2CCC(=O)NC2=O)C3=O)C1. The minimum Gasteiger partial charge on any atom is -0.371 e. The molecule has 0 radical (unpaired) electrons. The summed E-state index contributed by atoms with van der Waals surface area (Å²) < 4.78 is 0. The van der Waals surface area contributed by atoms with Crippen LogP contribution in [0, 0.1) is 5.92 Å². The van der Waals surface area contributed by atoms with Crippen molar-refractivity contribution in [3.8, 4) is 0 Å². The van der Waals surface area contributed by atoms with Gasteiger partial charge in [0.1, 0.15) is 6.04 Å². The van der Waals surface area contributed by atoms with Gasteiger partial charge in [0.15, 0.2) is 0 Å². The summed E-state index contributed by atoms with van der Waals surface area (Å²) in [4.78, 5) is 53.0. The van der Waals surface area contributed by atoms with Gasteiger partial charge in [-0.3, -0.25) is 29.4 Å². The molecular weight excluding hydrogens is 360 g/mol. The molecule has 0 aliphatic carbocycles. The lowest BCUT2D eigenvalue weighted by Gasteiger charge is -2.35. The summed E-state index contributed by atoms with van der Waals surface area (Å²) in [5, 5.41) is 5.44. The molecule has 0 aromatic heterocycles. The Hall–Kier alpha value is -2.74. The van der Waals surface area contributed by atoms with Crippen molar-refractivity contribution in [1.82, 2.24) is 15.5 Å². The normalized spacial score (nSPS) is 25.2. The Morgan fingerprint density at radius 2 is 1.96 bits per heavy atom. The highest BCUT2D eigenvalue weighted by molar-refractivity contribution is 6.25. The molecule has 8 heteroatoms. The average molecular weight is 384 g/mol. The number of hydrogen-bond donors (Lipinski definition) is 2. The van der Waals surface area contributed by atoms with Crippen LogP contribution in [0.3, 0.4) is 0 Å². The monoisotopic (exact) mass is 384 g/mol. The van der Waals surface area contributed by atoms with Gasteiger partial charge in [-0.2, -0.15) is 0 Å². The second-order valence-electron chi connectivity index (χ2n) is 7.66. The summed E-state index contributed by atoms with van der Waals surface area (Å²) >= 11 is 0. The van der Waals surface area contributed by atoms with Gasteiger partial charge in [0.2, 0.25) is 11.8 Å². The number of benzene rings is 1. The molecule has 148 valence electrons. The second kappa shape index (κ2) is 7.35. The number of hydrogen-bond acceptors (Lipinski definition) is 6. The Bertz CT molecular complexity index is 851. The molecule has 0 bridgehead atoms. The molecule has 3 heterocycles. The number of nitrogens with one attached hydrogen (secondary N) is 2. The number of amides is 4. The van der Waals surface area contributed by atoms with Crippen LogP contribution in [0.25, 0.3) is 0 Å². The van der Waals surface area contributed by atoms with Crippen LogP contribution in [0.15, 0.2) is 18.2 Å². The largest absolute Gasteiger partial charge is 0.371 e. The van der Waals surface area contributed by atoms with Gasteiger partial charge < -0.3 is 10.2 Å². The predicted molar refractivity (Wildman–Crippen MR) is 102 cm³/mol. The molecule has 2 N–H and O–H groups in total. The lowest BCUT2D eigenvalue weighted by molar-refractivity contribution is -0.136. The highest BCUT2D eigenvalue weighted by Crippen LogP contribution is 2.35. The number of rotatable bonds is 4. The van der Waals surface area contributed by atoms with E-state index in [0.717, 1.165) is 43.1 Å². The Morgan fingerprint density at radius 3 is 2.71 bits per heavy atom. The fourth-order valence-electron chi connectivity index (χ4n) is 4.50. The van der Waals surface area contributed by atoms with Crippen molar-refractivity contribution >= 4 is 29.3 Å². The van der Waals surface area contributed by atoms with E-state index in [9.17, 15) is 19.2 Å². The molecule has 8 nitrogen and oxygen atoms in total. The summed E-state index contributed by atoms with van der Waals surface area (Å²) in [5.74, 6) is -1.38. The number of carbonyl (C=O) groups is 4. The van der Waals surface area contributed by atoms with Gasteiger partial charge in [-0.25, -0.2) is 0 Å². The van der Waals surface area contributed by atoms with E-state index < -0.39 is 23.8 Å². The van der Waals surface area contributed by atoms with Gasteiger partial charge in [0.25, 0.3) is 11.8 Å². The molecule has 2 atom stereocenters. The highest BCUT2D eigenvalue weighted by atomic mass is 16.2. The van der Waals surface area contributed by atoms with Gasteiger partial charge in [0.05, 0.1) is 16.8 Å². The third kappa shape index (κ3) is 3.07. The Labute approximate surface area is 163 Å². The van der Waals surface area contributed by atoms with E-state index in [0.29, 0.717) is 17.0 Å². The zero-order valence-corrected chi connectivity index (χ0v) is 15.9. The number of piperidine rings is 2. The molecule has 2 saturated heterocycles. The first-order valence-electron chi connectivity index (χ1n) is 9.75. The lowest BCUT2D eigenvalue weighted by Crippen LogP contribution is -2.54. The number of nitrogens with zero attached hydrogens (tertiary/aromatic N) is 2. The smallest absolute Gasteiger partial charge is 0.264 e. The third-order valence-corrected chi connectivity index (χ3v) is 5.80. The van der Waals surface area contributed by atoms with Crippen LogP contribution in [0.4, 0.5) is 5.69 Å². The highest BCUT2D eigenvalue weighted by Gasteiger charge is 2.46. The first kappa shape index (κ1) is 18.6. The third-order valence-electron chi connectivity index (χ3n) is 5.80. The van der Waals surface area contributed by atoms with Gasteiger partial charge in [-0.15, -0.1) is 0 Å². The number of fused-ring (bicyclic) bond motifs is 1. The molecule has 1 aromatic carbocycles. The fourth-order valence-corrected chi connectivity index (χ4v) is 4.50. The molecule has 28 heavy (non-hydrogen) atoms. The Balaban J connectivity index is 1.65. The number of imide groups is 2. The van der Waals surface area contributed by atoms with Crippen LogP contribution in [0.2, 0.25) is 0 Å². The summed E-state index contributed by atoms with van der Waals surface area (Å²) in [6.45, 7) is 2.55. The van der Waals surface area contributed by atoms with E-state index >= 15 is 0 Å². The van der Waals surface area contributed by atoms with Crippen LogP contribution in [0.5, 0.6) is 0 Å². The van der Waals surface area contributed by atoms with E-state index in [2.05, 4.69) is 15.5 Å². The van der Waals surface area contributed by atoms with E-state index in [-0.39, 0.29) is 18.7 Å². The van der Waals surface area contributed by atoms with Crippen molar-refractivity contribution < 1.29 is 19.2 Å². The van der Waals surface area contributed by atoms with Crippen LogP contribution >= 0.6 is 0 Å². The van der Waals surface area contributed by atoms with Crippen LogP contribution in [0.1, 0.15) is 46.4 Å². The van der Waals surface area contributed by atoms with E-state index in [1.807, 2.05) is 13.1 Å². The maximum absolute atomic E-state index is 13.2. The van der Waals surface area contributed by atoms with Crippen LogP contribution < -0.4 is 15.5 Å². The van der Waals surface area contributed by atoms with Gasteiger partial charge in [-0.1, -0.05) is 6.07 Å². The topological polar surface area (TPSA) is 98.8 Å². The molecule has 3 aliphatic rings. The van der Waals surface area contributed by atoms with Crippen LogP contribution in [-0.4, -0.2) is 61.3 Å². The molecule has 0 saturated carbocycles.